The van der Waals surface area contributed by atoms with Gasteiger partial charge < -0.3 is 9.47 Å². The maximum absolute atomic E-state index is 12.2. The van der Waals surface area contributed by atoms with Gasteiger partial charge in [0.15, 0.2) is 6.23 Å². The third-order valence-electron chi connectivity index (χ3n) is 3.94. The Labute approximate surface area is 129 Å². The van der Waals surface area contributed by atoms with E-state index in [-0.39, 0.29) is 24.6 Å². The number of nitro benzene ring substituents is 1. The van der Waals surface area contributed by atoms with Gasteiger partial charge in [0.1, 0.15) is 6.61 Å². The molecule has 23 heavy (non-hydrogen) atoms. The Balaban J connectivity index is 1.68. The highest BCUT2D eigenvalue weighted by Gasteiger charge is 2.65. The topological polar surface area (TPSA) is 116 Å². The van der Waals surface area contributed by atoms with Gasteiger partial charge in [-0.15, -0.1) is 0 Å². The van der Waals surface area contributed by atoms with E-state index in [1.165, 1.54) is 31.2 Å². The van der Waals surface area contributed by atoms with Gasteiger partial charge in [-0.3, -0.25) is 19.8 Å². The summed E-state index contributed by atoms with van der Waals surface area (Å²) < 4.78 is 10.0. The number of fused-ring (bicyclic) bond motifs is 1. The minimum Gasteiger partial charge on any atom is -0.459 e. The smallest absolute Gasteiger partial charge is 0.345 e. The van der Waals surface area contributed by atoms with Gasteiger partial charge in [-0.1, -0.05) is 0 Å². The second-order valence-electron chi connectivity index (χ2n) is 5.40. The number of rotatable bonds is 4. The predicted molar refractivity (Wildman–Crippen MR) is 72.6 cm³/mol. The zero-order valence-electron chi connectivity index (χ0n) is 12.1. The maximum atomic E-state index is 12.2. The van der Waals surface area contributed by atoms with Crippen molar-refractivity contribution in [1.29, 1.82) is 0 Å². The largest absolute Gasteiger partial charge is 0.459 e. The van der Waals surface area contributed by atoms with Gasteiger partial charge in [-0.05, 0) is 24.6 Å². The molecule has 3 rings (SSSR count). The van der Waals surface area contributed by atoms with E-state index < -0.39 is 28.6 Å². The molecule has 9 nitrogen and oxygen atoms in total. The van der Waals surface area contributed by atoms with Crippen molar-refractivity contribution in [3.8, 4) is 0 Å². The first-order chi connectivity index (χ1) is 10.8. The molecule has 0 aromatic heterocycles. The van der Waals surface area contributed by atoms with E-state index in [0.717, 1.165) is 4.90 Å². The number of nitro groups is 1. The van der Waals surface area contributed by atoms with Crippen molar-refractivity contribution in [2.45, 2.75) is 31.7 Å². The van der Waals surface area contributed by atoms with Gasteiger partial charge in [-0.25, -0.2) is 9.59 Å². The van der Waals surface area contributed by atoms with Crippen molar-refractivity contribution < 1.29 is 28.8 Å². The van der Waals surface area contributed by atoms with E-state index in [0.29, 0.717) is 5.56 Å². The number of ether oxygens (including phenoxy) is 2. The highest BCUT2D eigenvalue weighted by Crippen LogP contribution is 2.38. The normalized spacial score (nSPS) is 25.4. The van der Waals surface area contributed by atoms with Gasteiger partial charge in [0.25, 0.3) is 5.69 Å². The van der Waals surface area contributed by atoms with Gasteiger partial charge in [0.2, 0.25) is 11.4 Å². The van der Waals surface area contributed by atoms with Crippen LogP contribution in [0.2, 0.25) is 0 Å². The Morgan fingerprint density at radius 3 is 2.65 bits per heavy atom. The molecule has 0 bridgehead atoms. The lowest BCUT2D eigenvalue weighted by Gasteiger charge is -2.38. The highest BCUT2D eigenvalue weighted by atomic mass is 16.6. The first-order valence-electron chi connectivity index (χ1n) is 6.78. The molecule has 2 saturated heterocycles. The Bertz CT molecular complexity index is 714. The number of esters is 2. The van der Waals surface area contributed by atoms with Crippen molar-refractivity contribution in [1.82, 2.24) is 4.90 Å². The molecule has 0 saturated carbocycles. The number of carbonyl (C=O) groups is 3. The summed E-state index contributed by atoms with van der Waals surface area (Å²) in [6.45, 7) is 1.11. The van der Waals surface area contributed by atoms with Crippen LogP contribution in [0.5, 0.6) is 0 Å². The van der Waals surface area contributed by atoms with Crippen LogP contribution in [-0.4, -0.2) is 39.4 Å². The molecule has 9 heteroatoms. The van der Waals surface area contributed by atoms with E-state index in [9.17, 15) is 24.5 Å². The molecule has 2 fully saturated rings. The van der Waals surface area contributed by atoms with Crippen molar-refractivity contribution >= 4 is 23.5 Å². The number of β-lactam (4-membered cyclic amide) rings is 1. The van der Waals surface area contributed by atoms with Crippen LogP contribution in [0.1, 0.15) is 18.9 Å². The molecule has 0 unspecified atom stereocenters. The fourth-order valence-electron chi connectivity index (χ4n) is 2.54. The van der Waals surface area contributed by atoms with Crippen molar-refractivity contribution in [2.75, 3.05) is 0 Å². The number of carbonyl (C=O) groups excluding carboxylic acids is 3. The molecule has 2 atom stereocenters. The number of hydrogen-bond acceptors (Lipinski definition) is 7. The maximum Gasteiger partial charge on any atom is 0.345 e. The molecule has 1 aromatic rings. The fraction of sp³-hybridized carbons (Fsp3) is 0.357. The number of amides is 1. The molecule has 0 aliphatic carbocycles. The van der Waals surface area contributed by atoms with Crippen LogP contribution in [0, 0.1) is 10.1 Å². The Morgan fingerprint density at radius 2 is 2.09 bits per heavy atom. The summed E-state index contributed by atoms with van der Waals surface area (Å²) in [5.74, 6) is -2.06. The standard InChI is InChI=1S/C14H12N2O7/c1-14(13(19)23-11-6-10(17)15(11)14)12(18)22-7-8-2-4-9(5-3-8)16(20)21/h2-5,11H,6-7H2,1H3/t11-,14+/m1/s1. The lowest BCUT2D eigenvalue weighted by molar-refractivity contribution is -0.384. The number of hydrogen-bond donors (Lipinski definition) is 0. The third kappa shape index (κ3) is 2.20. The van der Waals surface area contributed by atoms with Gasteiger partial charge in [0.05, 0.1) is 11.3 Å². The highest BCUT2D eigenvalue weighted by molar-refractivity contribution is 6.10. The first kappa shape index (κ1) is 14.9. The average molecular weight is 320 g/mol. The summed E-state index contributed by atoms with van der Waals surface area (Å²) in [5, 5.41) is 10.6. The monoisotopic (exact) mass is 320 g/mol. The van der Waals surface area contributed by atoms with E-state index in [2.05, 4.69) is 0 Å². The first-order valence-corrected chi connectivity index (χ1v) is 6.78. The van der Waals surface area contributed by atoms with Gasteiger partial charge in [-0.2, -0.15) is 0 Å². The zero-order chi connectivity index (χ0) is 16.8. The lowest BCUT2D eigenvalue weighted by Crippen LogP contribution is -2.62. The fourth-order valence-corrected chi connectivity index (χ4v) is 2.54. The number of nitrogens with zero attached hydrogens (tertiary/aromatic N) is 2. The molecule has 1 aromatic carbocycles. The second-order valence-corrected chi connectivity index (χ2v) is 5.40. The van der Waals surface area contributed by atoms with Crippen LogP contribution in [0.4, 0.5) is 5.69 Å². The van der Waals surface area contributed by atoms with E-state index >= 15 is 0 Å². The Morgan fingerprint density at radius 1 is 1.43 bits per heavy atom. The molecular weight excluding hydrogens is 308 g/mol. The molecule has 0 radical (unpaired) electrons. The van der Waals surface area contributed by atoms with Crippen molar-refractivity contribution in [2.24, 2.45) is 0 Å². The van der Waals surface area contributed by atoms with Gasteiger partial charge >= 0.3 is 11.9 Å². The van der Waals surface area contributed by atoms with Crippen LogP contribution in [0.25, 0.3) is 0 Å². The molecule has 1 amide bonds. The quantitative estimate of drug-likeness (QED) is 0.261. The van der Waals surface area contributed by atoms with Crippen LogP contribution in [0.3, 0.4) is 0 Å². The predicted octanol–water partition coefficient (Wildman–Crippen LogP) is 0.512. The van der Waals surface area contributed by atoms with Crippen LogP contribution >= 0.6 is 0 Å². The van der Waals surface area contributed by atoms with Crippen LogP contribution in [0.15, 0.2) is 24.3 Å². The molecular formula is C14H12N2O7. The molecule has 2 heterocycles. The van der Waals surface area contributed by atoms with E-state index in [1.807, 2.05) is 0 Å². The summed E-state index contributed by atoms with van der Waals surface area (Å²) in [7, 11) is 0. The third-order valence-corrected chi connectivity index (χ3v) is 3.94. The second kappa shape index (κ2) is 5.04. The number of benzene rings is 1. The van der Waals surface area contributed by atoms with Crippen LogP contribution < -0.4 is 0 Å². The van der Waals surface area contributed by atoms with E-state index in [1.54, 1.807) is 0 Å². The van der Waals surface area contributed by atoms with E-state index in [4.69, 9.17) is 9.47 Å². The molecule has 2 aliphatic heterocycles. The Kier molecular flexibility index (Phi) is 3.28. The lowest BCUT2D eigenvalue weighted by atomic mass is 9.97. The minimum absolute atomic E-state index is 0.0664. The zero-order valence-corrected chi connectivity index (χ0v) is 12.1. The molecule has 2 aliphatic rings. The van der Waals surface area contributed by atoms with Crippen molar-refractivity contribution in [3.63, 3.8) is 0 Å². The molecule has 0 spiro atoms. The van der Waals surface area contributed by atoms with Crippen molar-refractivity contribution in [3.05, 3.63) is 39.9 Å². The summed E-state index contributed by atoms with van der Waals surface area (Å²) in [5.41, 5.74) is -1.34. The average Bonchev–Trinajstić information content (AvgIpc) is 2.72. The summed E-state index contributed by atoms with van der Waals surface area (Å²) in [6.07, 6.45) is -0.635. The van der Waals surface area contributed by atoms with Crippen LogP contribution in [-0.2, 0) is 30.5 Å². The molecule has 120 valence electrons. The SMILES string of the molecule is C[C@]1(C(=O)OCc2ccc([N+](=O)[O-])cc2)C(=O)O[C@@H]2CC(=O)N21. The Hall–Kier alpha value is -2.97. The summed E-state index contributed by atoms with van der Waals surface area (Å²) in [6, 6.07) is 5.45. The van der Waals surface area contributed by atoms with Gasteiger partial charge in [0, 0.05) is 12.1 Å². The molecule has 0 N–H and O–H groups in total. The number of non-ortho nitro benzene ring substituents is 1. The minimum atomic E-state index is -1.78. The summed E-state index contributed by atoms with van der Waals surface area (Å²) >= 11 is 0. The summed E-state index contributed by atoms with van der Waals surface area (Å²) in [4.78, 5) is 46.8.